The molecule has 0 fully saturated rings. The van der Waals surface area contributed by atoms with Crippen molar-refractivity contribution >= 4 is 29.0 Å². The molecule has 0 aliphatic carbocycles. The summed E-state index contributed by atoms with van der Waals surface area (Å²) in [6, 6.07) is 5.49. The highest BCUT2D eigenvalue weighted by atomic mass is 35.5. The van der Waals surface area contributed by atoms with Crippen LogP contribution in [0.25, 0.3) is 11.4 Å². The third-order valence-electron chi connectivity index (χ3n) is 3.25. The van der Waals surface area contributed by atoms with Crippen molar-refractivity contribution < 1.29 is 0 Å². The molecule has 112 valence electrons. The fourth-order valence-electron chi connectivity index (χ4n) is 2.37. The van der Waals surface area contributed by atoms with Crippen LogP contribution in [0.2, 0.25) is 10.0 Å². The molecule has 1 heterocycles. The minimum Gasteiger partial charge on any atom is -0.370 e. The first kappa shape index (κ1) is 16.1. The lowest BCUT2D eigenvalue weighted by Crippen LogP contribution is -2.09. The Bertz CT molecular complexity index is 654. The van der Waals surface area contributed by atoms with Gasteiger partial charge in [-0.1, -0.05) is 43.1 Å². The number of nitrogens with zero attached hydrogens (tertiary/aromatic N) is 2. The second-order valence-corrected chi connectivity index (χ2v) is 5.97. The Kier molecular flexibility index (Phi) is 5.07. The maximum Gasteiger partial charge on any atom is 0.163 e. The van der Waals surface area contributed by atoms with E-state index in [1.54, 1.807) is 6.07 Å². The number of halogens is 2. The van der Waals surface area contributed by atoms with Crippen molar-refractivity contribution in [1.82, 2.24) is 9.97 Å². The molecule has 1 aromatic heterocycles. The van der Waals surface area contributed by atoms with Crippen LogP contribution >= 0.6 is 23.2 Å². The second kappa shape index (κ2) is 6.63. The molecule has 0 spiro atoms. The first-order valence-electron chi connectivity index (χ1n) is 7.02. The highest BCUT2D eigenvalue weighted by Crippen LogP contribution is 2.34. The van der Waals surface area contributed by atoms with Crippen LogP contribution in [0, 0.1) is 6.92 Å². The number of hydrogen-bond acceptors (Lipinski definition) is 3. The zero-order chi connectivity index (χ0) is 15.6. The van der Waals surface area contributed by atoms with Crippen molar-refractivity contribution in [3.05, 3.63) is 39.5 Å². The summed E-state index contributed by atoms with van der Waals surface area (Å²) in [5, 5.41) is 4.31. The van der Waals surface area contributed by atoms with Gasteiger partial charge in [0, 0.05) is 23.4 Å². The minimum absolute atomic E-state index is 0.350. The van der Waals surface area contributed by atoms with Crippen LogP contribution in [0.4, 0.5) is 5.82 Å². The van der Waals surface area contributed by atoms with Crippen LogP contribution in [0.5, 0.6) is 0 Å². The summed E-state index contributed by atoms with van der Waals surface area (Å²) in [5.41, 5.74) is 2.85. The molecular weight excluding hydrogens is 305 g/mol. The first-order valence-corrected chi connectivity index (χ1v) is 7.78. The molecule has 3 nitrogen and oxygen atoms in total. The van der Waals surface area contributed by atoms with E-state index >= 15 is 0 Å². The smallest absolute Gasteiger partial charge is 0.163 e. The van der Waals surface area contributed by atoms with Gasteiger partial charge < -0.3 is 5.32 Å². The number of hydrogen-bond donors (Lipinski definition) is 1. The summed E-state index contributed by atoms with van der Waals surface area (Å²) < 4.78 is 0. The summed E-state index contributed by atoms with van der Waals surface area (Å²) >= 11 is 12.4. The molecule has 0 saturated carbocycles. The zero-order valence-corrected chi connectivity index (χ0v) is 14.2. The van der Waals surface area contributed by atoms with Gasteiger partial charge in [-0.15, -0.1) is 0 Å². The fourth-order valence-corrected chi connectivity index (χ4v) is 2.76. The predicted molar refractivity (Wildman–Crippen MR) is 90.5 cm³/mol. The van der Waals surface area contributed by atoms with Crippen LogP contribution in [0.15, 0.2) is 18.2 Å². The van der Waals surface area contributed by atoms with E-state index in [-0.39, 0.29) is 0 Å². The van der Waals surface area contributed by atoms with Crippen LogP contribution in [0.1, 0.15) is 37.9 Å². The number of nitrogens with one attached hydrogen (secondary N) is 1. The number of aryl methyl sites for hydroxylation is 1. The van der Waals surface area contributed by atoms with E-state index in [1.165, 1.54) is 0 Å². The van der Waals surface area contributed by atoms with Gasteiger partial charge in [0.25, 0.3) is 0 Å². The summed E-state index contributed by atoms with van der Waals surface area (Å²) in [6.07, 6.45) is 0. The summed E-state index contributed by atoms with van der Waals surface area (Å²) in [5.74, 6) is 1.81. The van der Waals surface area contributed by atoms with Gasteiger partial charge in [-0.25, -0.2) is 9.97 Å². The molecule has 0 bridgehead atoms. The lowest BCUT2D eigenvalue weighted by molar-refractivity contribution is 0.831. The van der Waals surface area contributed by atoms with E-state index in [9.17, 15) is 0 Å². The minimum atomic E-state index is 0.350. The van der Waals surface area contributed by atoms with Crippen LogP contribution in [0.3, 0.4) is 0 Å². The second-order valence-electron chi connectivity index (χ2n) is 5.18. The van der Waals surface area contributed by atoms with E-state index in [0.29, 0.717) is 21.8 Å². The normalized spacial score (nSPS) is 11.0. The van der Waals surface area contributed by atoms with Crippen molar-refractivity contribution in [3.8, 4) is 11.4 Å². The average Bonchev–Trinajstić information content (AvgIpc) is 2.41. The topological polar surface area (TPSA) is 37.8 Å². The molecule has 1 aromatic carbocycles. The van der Waals surface area contributed by atoms with Crippen LogP contribution < -0.4 is 5.32 Å². The van der Waals surface area contributed by atoms with E-state index in [2.05, 4.69) is 29.1 Å². The monoisotopic (exact) mass is 323 g/mol. The zero-order valence-electron chi connectivity index (χ0n) is 12.7. The first-order chi connectivity index (χ1) is 9.95. The lowest BCUT2D eigenvalue weighted by atomic mass is 10.0. The number of aromatic nitrogens is 2. The van der Waals surface area contributed by atoms with Gasteiger partial charge in [-0.3, -0.25) is 0 Å². The highest BCUT2D eigenvalue weighted by Gasteiger charge is 2.17. The standard InChI is InChI=1S/C16H19Cl2N3/c1-5-19-16-13(9(2)3)10(4)20-15(21-16)11-7-6-8-12(17)14(11)18/h6-9H,5H2,1-4H3,(H,19,20,21). The molecule has 0 saturated heterocycles. The molecule has 0 unspecified atom stereocenters. The Morgan fingerprint density at radius 1 is 1.19 bits per heavy atom. The van der Waals surface area contributed by atoms with E-state index < -0.39 is 0 Å². The number of anilines is 1. The SMILES string of the molecule is CCNc1nc(-c2cccc(Cl)c2Cl)nc(C)c1C(C)C. The molecule has 2 rings (SSSR count). The maximum atomic E-state index is 6.28. The average molecular weight is 324 g/mol. The summed E-state index contributed by atoms with van der Waals surface area (Å²) in [7, 11) is 0. The number of benzene rings is 1. The quantitative estimate of drug-likeness (QED) is 0.828. The Morgan fingerprint density at radius 3 is 2.52 bits per heavy atom. The van der Waals surface area contributed by atoms with Crippen molar-refractivity contribution in [2.45, 2.75) is 33.6 Å². The summed E-state index contributed by atoms with van der Waals surface area (Å²) in [4.78, 5) is 9.27. The molecule has 0 atom stereocenters. The Labute approximate surface area is 135 Å². The van der Waals surface area contributed by atoms with E-state index in [4.69, 9.17) is 23.2 Å². The Hall–Kier alpha value is -1.32. The van der Waals surface area contributed by atoms with Crippen molar-refractivity contribution in [3.63, 3.8) is 0 Å². The molecule has 0 aliphatic heterocycles. The lowest BCUT2D eigenvalue weighted by Gasteiger charge is -2.17. The molecule has 1 N–H and O–H groups in total. The van der Waals surface area contributed by atoms with Crippen molar-refractivity contribution in [2.75, 3.05) is 11.9 Å². The van der Waals surface area contributed by atoms with Crippen LogP contribution in [-0.2, 0) is 0 Å². The van der Waals surface area contributed by atoms with Gasteiger partial charge in [-0.2, -0.15) is 0 Å². The highest BCUT2D eigenvalue weighted by molar-refractivity contribution is 6.43. The van der Waals surface area contributed by atoms with Crippen molar-refractivity contribution in [1.29, 1.82) is 0 Å². The fraction of sp³-hybridized carbons (Fsp3) is 0.375. The molecule has 0 amide bonds. The predicted octanol–water partition coefficient (Wildman–Crippen LogP) is 5.31. The van der Waals surface area contributed by atoms with E-state index in [0.717, 1.165) is 29.2 Å². The van der Waals surface area contributed by atoms with Gasteiger partial charge in [0.2, 0.25) is 0 Å². The van der Waals surface area contributed by atoms with E-state index in [1.807, 2.05) is 26.0 Å². The third kappa shape index (κ3) is 3.30. The molecule has 0 aliphatic rings. The molecule has 0 radical (unpaired) electrons. The summed E-state index contributed by atoms with van der Waals surface area (Å²) in [6.45, 7) is 9.13. The molecule has 2 aromatic rings. The van der Waals surface area contributed by atoms with Crippen molar-refractivity contribution in [2.24, 2.45) is 0 Å². The third-order valence-corrected chi connectivity index (χ3v) is 4.07. The maximum absolute atomic E-state index is 6.28. The van der Waals surface area contributed by atoms with Gasteiger partial charge in [0.05, 0.1) is 10.0 Å². The van der Waals surface area contributed by atoms with Crippen LogP contribution in [-0.4, -0.2) is 16.5 Å². The molecule has 5 heteroatoms. The number of rotatable bonds is 4. The Morgan fingerprint density at radius 2 is 1.90 bits per heavy atom. The van der Waals surface area contributed by atoms with Gasteiger partial charge >= 0.3 is 0 Å². The van der Waals surface area contributed by atoms with Gasteiger partial charge in [0.15, 0.2) is 5.82 Å². The molecule has 21 heavy (non-hydrogen) atoms. The van der Waals surface area contributed by atoms with Gasteiger partial charge in [-0.05, 0) is 31.9 Å². The van der Waals surface area contributed by atoms with Gasteiger partial charge in [0.1, 0.15) is 5.82 Å². The largest absolute Gasteiger partial charge is 0.370 e. The molecular formula is C16H19Cl2N3. The Balaban J connectivity index is 2.63.